The molecule has 2 aromatic carbocycles. The molecule has 0 aliphatic carbocycles. The molecule has 1 aliphatic heterocycles. The third kappa shape index (κ3) is 4.26. The highest BCUT2D eigenvalue weighted by Crippen LogP contribution is 2.26. The first-order valence-electron chi connectivity index (χ1n) is 8.94. The van der Waals surface area contributed by atoms with Crippen molar-refractivity contribution in [3.05, 3.63) is 42.5 Å². The van der Waals surface area contributed by atoms with Crippen molar-refractivity contribution in [1.82, 2.24) is 4.90 Å². The lowest BCUT2D eigenvalue weighted by molar-refractivity contribution is 0.110. The lowest BCUT2D eigenvalue weighted by Crippen LogP contribution is -2.41. The summed E-state index contributed by atoms with van der Waals surface area (Å²) in [5.74, 6) is 3.21. The van der Waals surface area contributed by atoms with E-state index in [9.17, 15) is 0 Å². The molecule has 0 saturated carbocycles. The van der Waals surface area contributed by atoms with Gasteiger partial charge in [0.2, 0.25) is 0 Å². The average Bonchev–Trinajstić information content (AvgIpc) is 2.52. The van der Waals surface area contributed by atoms with Crippen LogP contribution in [0.5, 0.6) is 5.75 Å². The summed E-state index contributed by atoms with van der Waals surface area (Å²) in [6.07, 6.45) is 1.37. The molecule has 0 radical (unpaired) electrons. The number of nitrogens with zero attached hydrogens (tertiary/aromatic N) is 1. The Labute approximate surface area is 140 Å². The van der Waals surface area contributed by atoms with Crippen LogP contribution >= 0.6 is 0 Å². The Hall–Kier alpha value is -1.54. The first kappa shape index (κ1) is 16.3. The fourth-order valence-electron chi connectivity index (χ4n) is 3.99. The van der Waals surface area contributed by atoms with Crippen LogP contribution in [0.2, 0.25) is 0 Å². The molecule has 3 atom stereocenters. The van der Waals surface area contributed by atoms with Gasteiger partial charge in [0, 0.05) is 30.9 Å². The Morgan fingerprint density at radius 1 is 1.04 bits per heavy atom. The van der Waals surface area contributed by atoms with Gasteiger partial charge in [-0.25, -0.2) is 0 Å². The summed E-state index contributed by atoms with van der Waals surface area (Å²) in [4.78, 5) is 2.62. The number of rotatable bonds is 5. The van der Waals surface area contributed by atoms with Crippen LogP contribution in [0.3, 0.4) is 0 Å². The maximum atomic E-state index is 6.15. The highest BCUT2D eigenvalue weighted by Gasteiger charge is 2.22. The van der Waals surface area contributed by atoms with Crippen molar-refractivity contribution in [3.8, 4) is 5.75 Å². The third-order valence-electron chi connectivity index (χ3n) is 4.79. The molecule has 0 amide bonds. The summed E-state index contributed by atoms with van der Waals surface area (Å²) >= 11 is 0. The molecule has 0 unspecified atom stereocenters. The Bertz CT molecular complexity index is 623. The van der Waals surface area contributed by atoms with Gasteiger partial charge in [-0.3, -0.25) is 0 Å². The number of ether oxygens (including phenoxy) is 1. The van der Waals surface area contributed by atoms with Crippen LogP contribution in [0, 0.1) is 17.8 Å². The smallest absolute Gasteiger partial charge is 0.127 e. The molecule has 2 nitrogen and oxygen atoms in total. The molecule has 1 saturated heterocycles. The van der Waals surface area contributed by atoms with Crippen molar-refractivity contribution in [2.45, 2.75) is 27.2 Å². The van der Waals surface area contributed by atoms with Crippen LogP contribution in [-0.2, 0) is 0 Å². The van der Waals surface area contributed by atoms with Crippen LogP contribution in [0.4, 0.5) is 0 Å². The van der Waals surface area contributed by atoms with Crippen LogP contribution in [-0.4, -0.2) is 31.1 Å². The largest absolute Gasteiger partial charge is 0.493 e. The molecule has 3 rings (SSSR count). The Balaban J connectivity index is 1.57. The van der Waals surface area contributed by atoms with Crippen molar-refractivity contribution in [2.75, 3.05) is 26.2 Å². The monoisotopic (exact) mass is 311 g/mol. The van der Waals surface area contributed by atoms with E-state index in [-0.39, 0.29) is 0 Å². The SMILES string of the molecule is C[C@H](COc1cccc2ccccc12)CN1C[C@H](C)C[C@H](C)C1. The molecule has 1 aliphatic rings. The van der Waals surface area contributed by atoms with Crippen molar-refractivity contribution >= 4 is 10.8 Å². The average molecular weight is 311 g/mol. The molecule has 1 fully saturated rings. The molecule has 0 spiro atoms. The number of hydrogen-bond donors (Lipinski definition) is 0. The van der Waals surface area contributed by atoms with Crippen molar-refractivity contribution in [1.29, 1.82) is 0 Å². The van der Waals surface area contributed by atoms with E-state index in [1.807, 2.05) is 0 Å². The normalized spacial score (nSPS) is 23.8. The number of piperidine rings is 1. The van der Waals surface area contributed by atoms with Gasteiger partial charge < -0.3 is 9.64 Å². The first-order valence-corrected chi connectivity index (χ1v) is 8.94. The Kier molecular flexibility index (Phi) is 5.22. The fraction of sp³-hybridized carbons (Fsp3) is 0.524. The van der Waals surface area contributed by atoms with Gasteiger partial charge in [-0.05, 0) is 29.7 Å². The van der Waals surface area contributed by atoms with Crippen LogP contribution in [0.15, 0.2) is 42.5 Å². The minimum atomic E-state index is 0.548. The van der Waals surface area contributed by atoms with Crippen molar-refractivity contribution in [2.24, 2.45) is 17.8 Å². The maximum Gasteiger partial charge on any atom is 0.127 e. The van der Waals surface area contributed by atoms with Gasteiger partial charge in [0.25, 0.3) is 0 Å². The summed E-state index contributed by atoms with van der Waals surface area (Å²) < 4.78 is 6.15. The quantitative estimate of drug-likeness (QED) is 0.784. The van der Waals surface area contributed by atoms with Gasteiger partial charge in [-0.2, -0.15) is 0 Å². The number of fused-ring (bicyclic) bond motifs is 1. The fourth-order valence-corrected chi connectivity index (χ4v) is 3.99. The maximum absolute atomic E-state index is 6.15. The molecule has 23 heavy (non-hydrogen) atoms. The van der Waals surface area contributed by atoms with E-state index >= 15 is 0 Å². The second-order valence-corrected chi connectivity index (χ2v) is 7.56. The zero-order chi connectivity index (χ0) is 16.2. The van der Waals surface area contributed by atoms with Gasteiger partial charge in [-0.1, -0.05) is 57.2 Å². The standard InChI is InChI=1S/C21H29NO/c1-16-11-17(2)13-22(12-16)14-18(3)15-23-21-10-6-8-19-7-4-5-9-20(19)21/h4-10,16-18H,11-15H2,1-3H3/t16-,17+,18-/m0/s1. The molecule has 124 valence electrons. The molecular weight excluding hydrogens is 282 g/mol. The molecule has 2 heteroatoms. The summed E-state index contributed by atoms with van der Waals surface area (Å²) in [6.45, 7) is 11.5. The highest BCUT2D eigenvalue weighted by molar-refractivity contribution is 5.88. The summed E-state index contributed by atoms with van der Waals surface area (Å²) in [7, 11) is 0. The zero-order valence-electron chi connectivity index (χ0n) is 14.7. The van der Waals surface area contributed by atoms with Crippen molar-refractivity contribution in [3.63, 3.8) is 0 Å². The number of hydrogen-bond acceptors (Lipinski definition) is 2. The predicted octanol–water partition coefficient (Wildman–Crippen LogP) is 4.83. The number of likely N-dealkylation sites (tertiary alicyclic amines) is 1. The Morgan fingerprint density at radius 3 is 2.52 bits per heavy atom. The highest BCUT2D eigenvalue weighted by atomic mass is 16.5. The minimum absolute atomic E-state index is 0.548. The predicted molar refractivity (Wildman–Crippen MR) is 98.0 cm³/mol. The van der Waals surface area contributed by atoms with Gasteiger partial charge in [0.05, 0.1) is 6.61 Å². The summed E-state index contributed by atoms with van der Waals surface area (Å²) in [5.41, 5.74) is 0. The molecule has 1 heterocycles. The topological polar surface area (TPSA) is 12.5 Å². The van der Waals surface area contributed by atoms with Gasteiger partial charge in [0.1, 0.15) is 5.75 Å². The second kappa shape index (κ2) is 7.35. The van der Waals surface area contributed by atoms with Crippen LogP contribution in [0.1, 0.15) is 27.2 Å². The zero-order valence-corrected chi connectivity index (χ0v) is 14.7. The molecule has 0 bridgehead atoms. The Morgan fingerprint density at radius 2 is 1.74 bits per heavy atom. The molecule has 2 aromatic rings. The van der Waals surface area contributed by atoms with Crippen LogP contribution < -0.4 is 4.74 Å². The summed E-state index contributed by atoms with van der Waals surface area (Å²) in [5, 5.41) is 2.46. The molecular formula is C21H29NO. The van der Waals surface area contributed by atoms with Crippen molar-refractivity contribution < 1.29 is 4.74 Å². The van der Waals surface area contributed by atoms with E-state index in [0.29, 0.717) is 5.92 Å². The van der Waals surface area contributed by atoms with E-state index in [4.69, 9.17) is 4.74 Å². The van der Waals surface area contributed by atoms with Gasteiger partial charge in [0.15, 0.2) is 0 Å². The first-order chi connectivity index (χ1) is 11.1. The van der Waals surface area contributed by atoms with E-state index in [1.54, 1.807) is 0 Å². The lowest BCUT2D eigenvalue weighted by atomic mass is 9.91. The number of benzene rings is 2. The second-order valence-electron chi connectivity index (χ2n) is 7.56. The van der Waals surface area contributed by atoms with E-state index in [0.717, 1.165) is 30.7 Å². The third-order valence-corrected chi connectivity index (χ3v) is 4.79. The van der Waals surface area contributed by atoms with E-state index in [2.05, 4.69) is 68.1 Å². The lowest BCUT2D eigenvalue weighted by Gasteiger charge is -2.36. The van der Waals surface area contributed by atoms with Gasteiger partial charge in [-0.15, -0.1) is 0 Å². The molecule has 0 N–H and O–H groups in total. The van der Waals surface area contributed by atoms with E-state index in [1.165, 1.54) is 30.3 Å². The summed E-state index contributed by atoms with van der Waals surface area (Å²) in [6, 6.07) is 14.7. The van der Waals surface area contributed by atoms with E-state index < -0.39 is 0 Å². The van der Waals surface area contributed by atoms with Crippen LogP contribution in [0.25, 0.3) is 10.8 Å². The minimum Gasteiger partial charge on any atom is -0.493 e. The van der Waals surface area contributed by atoms with Gasteiger partial charge >= 0.3 is 0 Å². The molecule has 0 aromatic heterocycles.